The van der Waals surface area contributed by atoms with E-state index in [2.05, 4.69) is 5.32 Å². The molecule has 4 nitrogen and oxygen atoms in total. The van der Waals surface area contributed by atoms with Crippen molar-refractivity contribution in [3.63, 3.8) is 0 Å². The van der Waals surface area contributed by atoms with E-state index >= 15 is 0 Å². The molecule has 0 unspecified atom stereocenters. The number of Topliss-reactive ketones (excluding diaryl/α,β-unsaturated/α-hetero) is 1. The SMILES string of the molecule is CC(=O)c1cc(Cl)ccc1OCC(=O)Nc1ccc(C)cc1Cl. The second-order valence-electron chi connectivity index (χ2n) is 5.02. The average molecular weight is 352 g/mol. The number of hydrogen-bond donors (Lipinski definition) is 1. The number of ether oxygens (including phenoxy) is 1. The van der Waals surface area contributed by atoms with Crippen LogP contribution < -0.4 is 10.1 Å². The second-order valence-corrected chi connectivity index (χ2v) is 5.86. The van der Waals surface area contributed by atoms with Gasteiger partial charge in [-0.25, -0.2) is 0 Å². The Bertz CT molecular complexity index is 759. The normalized spacial score (nSPS) is 10.3. The zero-order valence-corrected chi connectivity index (χ0v) is 14.2. The number of carbonyl (C=O) groups excluding carboxylic acids is 2. The van der Waals surface area contributed by atoms with Crippen LogP contribution in [0.25, 0.3) is 0 Å². The Morgan fingerprint density at radius 3 is 2.52 bits per heavy atom. The first-order chi connectivity index (χ1) is 10.9. The standard InChI is InChI=1S/C17H15Cl2NO3/c1-10-3-5-15(14(19)7-10)20-17(22)9-23-16-6-4-12(18)8-13(16)11(2)21/h3-8H,9H2,1-2H3,(H,20,22). The third-order valence-electron chi connectivity index (χ3n) is 3.08. The number of nitrogens with one attached hydrogen (secondary N) is 1. The Balaban J connectivity index is 2.03. The summed E-state index contributed by atoms with van der Waals surface area (Å²) in [6, 6.07) is 9.98. The van der Waals surface area contributed by atoms with Crippen molar-refractivity contribution in [1.29, 1.82) is 0 Å². The van der Waals surface area contributed by atoms with Crippen molar-refractivity contribution < 1.29 is 14.3 Å². The van der Waals surface area contributed by atoms with Gasteiger partial charge in [0.05, 0.1) is 16.3 Å². The van der Waals surface area contributed by atoms with Crippen LogP contribution in [-0.2, 0) is 4.79 Å². The van der Waals surface area contributed by atoms with Crippen LogP contribution in [0.3, 0.4) is 0 Å². The van der Waals surface area contributed by atoms with E-state index in [1.165, 1.54) is 13.0 Å². The fraction of sp³-hybridized carbons (Fsp3) is 0.176. The lowest BCUT2D eigenvalue weighted by molar-refractivity contribution is -0.118. The van der Waals surface area contributed by atoms with E-state index < -0.39 is 0 Å². The largest absolute Gasteiger partial charge is 0.483 e. The fourth-order valence-electron chi connectivity index (χ4n) is 1.95. The van der Waals surface area contributed by atoms with Gasteiger partial charge in [-0.1, -0.05) is 29.3 Å². The number of rotatable bonds is 5. The van der Waals surface area contributed by atoms with E-state index in [9.17, 15) is 9.59 Å². The maximum absolute atomic E-state index is 12.0. The lowest BCUT2D eigenvalue weighted by Crippen LogP contribution is -2.21. The van der Waals surface area contributed by atoms with Crippen LogP contribution in [0.2, 0.25) is 10.0 Å². The van der Waals surface area contributed by atoms with Gasteiger partial charge in [0.15, 0.2) is 12.4 Å². The van der Waals surface area contributed by atoms with Gasteiger partial charge in [0, 0.05) is 5.02 Å². The quantitative estimate of drug-likeness (QED) is 0.805. The highest BCUT2D eigenvalue weighted by Crippen LogP contribution is 2.24. The van der Waals surface area contributed by atoms with Crippen molar-refractivity contribution in [2.45, 2.75) is 13.8 Å². The maximum Gasteiger partial charge on any atom is 0.262 e. The third kappa shape index (κ3) is 4.71. The molecule has 1 N–H and O–H groups in total. The molecule has 0 atom stereocenters. The molecule has 120 valence electrons. The summed E-state index contributed by atoms with van der Waals surface area (Å²) in [5.41, 5.74) is 1.84. The van der Waals surface area contributed by atoms with Gasteiger partial charge in [-0.2, -0.15) is 0 Å². The van der Waals surface area contributed by atoms with Gasteiger partial charge < -0.3 is 10.1 Å². The summed E-state index contributed by atoms with van der Waals surface area (Å²) in [7, 11) is 0. The van der Waals surface area contributed by atoms with Crippen molar-refractivity contribution in [2.24, 2.45) is 0 Å². The Morgan fingerprint density at radius 2 is 1.87 bits per heavy atom. The Kier molecular flexibility index (Phi) is 5.64. The Hall–Kier alpha value is -2.04. The predicted octanol–water partition coefficient (Wildman–Crippen LogP) is 4.52. The zero-order chi connectivity index (χ0) is 17.0. The molecule has 0 aliphatic rings. The van der Waals surface area contributed by atoms with Crippen molar-refractivity contribution in [3.8, 4) is 5.75 Å². The molecule has 0 bridgehead atoms. The smallest absolute Gasteiger partial charge is 0.262 e. The first kappa shape index (κ1) is 17.3. The zero-order valence-electron chi connectivity index (χ0n) is 12.7. The van der Waals surface area contributed by atoms with Gasteiger partial charge in [-0.15, -0.1) is 0 Å². The third-order valence-corrected chi connectivity index (χ3v) is 3.63. The van der Waals surface area contributed by atoms with Crippen LogP contribution in [0.4, 0.5) is 5.69 Å². The molecular weight excluding hydrogens is 337 g/mol. The van der Waals surface area contributed by atoms with Gasteiger partial charge in [0.25, 0.3) is 5.91 Å². The predicted molar refractivity (Wildman–Crippen MR) is 91.8 cm³/mol. The number of ketones is 1. The molecule has 0 aliphatic carbocycles. The first-order valence-corrected chi connectivity index (χ1v) is 7.61. The molecule has 0 saturated carbocycles. The van der Waals surface area contributed by atoms with Gasteiger partial charge in [-0.05, 0) is 49.7 Å². The van der Waals surface area contributed by atoms with E-state index in [1.54, 1.807) is 24.3 Å². The molecular formula is C17H15Cl2NO3. The van der Waals surface area contributed by atoms with Gasteiger partial charge in [-0.3, -0.25) is 9.59 Å². The molecule has 2 aromatic carbocycles. The van der Waals surface area contributed by atoms with Crippen LogP contribution in [0.15, 0.2) is 36.4 Å². The van der Waals surface area contributed by atoms with Crippen molar-refractivity contribution in [3.05, 3.63) is 57.6 Å². The Morgan fingerprint density at radius 1 is 1.13 bits per heavy atom. The van der Waals surface area contributed by atoms with Gasteiger partial charge in [0.1, 0.15) is 5.75 Å². The molecule has 0 fully saturated rings. The molecule has 0 heterocycles. The monoisotopic (exact) mass is 351 g/mol. The van der Waals surface area contributed by atoms with E-state index in [0.717, 1.165) is 5.56 Å². The first-order valence-electron chi connectivity index (χ1n) is 6.86. The average Bonchev–Trinajstić information content (AvgIpc) is 2.48. The van der Waals surface area contributed by atoms with Crippen molar-refractivity contribution in [2.75, 3.05) is 11.9 Å². The Labute approximate surface area is 144 Å². The minimum absolute atomic E-state index is 0.190. The highest BCUT2D eigenvalue weighted by molar-refractivity contribution is 6.33. The molecule has 6 heteroatoms. The van der Waals surface area contributed by atoms with Gasteiger partial charge in [0.2, 0.25) is 0 Å². The molecule has 0 saturated heterocycles. The molecule has 2 aromatic rings. The number of benzene rings is 2. The van der Waals surface area contributed by atoms with Crippen LogP contribution >= 0.6 is 23.2 Å². The van der Waals surface area contributed by atoms with E-state index in [0.29, 0.717) is 27.0 Å². The lowest BCUT2D eigenvalue weighted by atomic mass is 10.1. The number of hydrogen-bond acceptors (Lipinski definition) is 3. The fourth-order valence-corrected chi connectivity index (χ4v) is 2.41. The van der Waals surface area contributed by atoms with Crippen LogP contribution in [0.5, 0.6) is 5.75 Å². The number of anilines is 1. The molecule has 0 aliphatic heterocycles. The van der Waals surface area contributed by atoms with Gasteiger partial charge >= 0.3 is 0 Å². The van der Waals surface area contributed by atoms with Crippen molar-refractivity contribution in [1.82, 2.24) is 0 Å². The lowest BCUT2D eigenvalue weighted by Gasteiger charge is -2.11. The van der Waals surface area contributed by atoms with Crippen LogP contribution in [0.1, 0.15) is 22.8 Å². The van der Waals surface area contributed by atoms with E-state index in [-0.39, 0.29) is 18.3 Å². The molecule has 0 radical (unpaired) electrons. The molecule has 1 amide bonds. The molecule has 0 spiro atoms. The highest BCUT2D eigenvalue weighted by Gasteiger charge is 2.12. The summed E-state index contributed by atoms with van der Waals surface area (Å²) >= 11 is 11.9. The minimum Gasteiger partial charge on any atom is -0.483 e. The van der Waals surface area contributed by atoms with Crippen LogP contribution in [-0.4, -0.2) is 18.3 Å². The number of halogens is 2. The van der Waals surface area contributed by atoms with Crippen molar-refractivity contribution >= 4 is 40.6 Å². The maximum atomic E-state index is 12.0. The number of amides is 1. The summed E-state index contributed by atoms with van der Waals surface area (Å²) in [6.45, 7) is 3.07. The summed E-state index contributed by atoms with van der Waals surface area (Å²) in [6.07, 6.45) is 0. The summed E-state index contributed by atoms with van der Waals surface area (Å²) in [5.74, 6) is -0.253. The summed E-state index contributed by atoms with van der Waals surface area (Å²) in [5, 5.41) is 3.54. The second kappa shape index (κ2) is 7.49. The van der Waals surface area contributed by atoms with E-state index in [4.69, 9.17) is 27.9 Å². The van der Waals surface area contributed by atoms with Crippen LogP contribution in [0, 0.1) is 6.92 Å². The van der Waals surface area contributed by atoms with E-state index in [1.807, 2.05) is 13.0 Å². The summed E-state index contributed by atoms with van der Waals surface area (Å²) in [4.78, 5) is 23.5. The topological polar surface area (TPSA) is 55.4 Å². The summed E-state index contributed by atoms with van der Waals surface area (Å²) < 4.78 is 5.42. The molecule has 23 heavy (non-hydrogen) atoms. The number of carbonyl (C=O) groups is 2. The minimum atomic E-state index is -0.375. The molecule has 0 aromatic heterocycles. The highest BCUT2D eigenvalue weighted by atomic mass is 35.5. The molecule has 2 rings (SSSR count). The number of aryl methyl sites for hydroxylation is 1.